The van der Waals surface area contributed by atoms with Crippen molar-refractivity contribution in [1.29, 1.82) is 0 Å². The van der Waals surface area contributed by atoms with E-state index in [1.165, 1.54) is 36.3 Å². The van der Waals surface area contributed by atoms with Crippen molar-refractivity contribution < 1.29 is 24.0 Å². The van der Waals surface area contributed by atoms with Crippen LogP contribution in [-0.2, 0) is 22.4 Å². The number of aldehydes is 1. The molecule has 9 nitrogen and oxygen atoms in total. The van der Waals surface area contributed by atoms with E-state index in [0.717, 1.165) is 6.07 Å². The molecule has 0 saturated carbocycles. The molecule has 34 heavy (non-hydrogen) atoms. The zero-order chi connectivity index (χ0) is 25.2. The Balaban J connectivity index is 1.89. The van der Waals surface area contributed by atoms with Crippen LogP contribution in [0.5, 0.6) is 5.75 Å². The Hall–Kier alpha value is -3.50. The molecule has 1 amide bonds. The van der Waals surface area contributed by atoms with E-state index >= 15 is 0 Å². The highest BCUT2D eigenvalue weighted by Gasteiger charge is 2.31. The normalized spacial score (nSPS) is 13.1. The molecule has 180 valence electrons. The second-order valence-corrected chi connectivity index (χ2v) is 8.62. The number of nitrogens with one attached hydrogen (secondary N) is 1. The maximum atomic E-state index is 14.2. The van der Waals surface area contributed by atoms with Crippen LogP contribution < -0.4 is 0 Å². The first kappa shape index (κ1) is 25.1. The van der Waals surface area contributed by atoms with Gasteiger partial charge in [0.1, 0.15) is 12.0 Å². The number of aromatic hydroxyl groups is 1. The van der Waals surface area contributed by atoms with Crippen molar-refractivity contribution in [1.82, 2.24) is 14.8 Å². The van der Waals surface area contributed by atoms with Crippen LogP contribution in [0.4, 0.5) is 10.1 Å². The molecular formula is C23H24ClFN4O5. The number of H-pyrrole nitrogens is 1. The number of amides is 1. The number of nitrogens with zero attached hydrogens (tertiary/aromatic N) is 3. The lowest BCUT2D eigenvalue weighted by molar-refractivity contribution is -0.385. The van der Waals surface area contributed by atoms with E-state index in [-0.39, 0.29) is 29.0 Å². The number of aromatic nitrogens is 1. The summed E-state index contributed by atoms with van der Waals surface area (Å²) in [6.07, 6.45) is 2.37. The highest BCUT2D eigenvalue weighted by molar-refractivity contribution is 6.32. The molecule has 0 aliphatic heterocycles. The Morgan fingerprint density at radius 1 is 1.26 bits per heavy atom. The minimum atomic E-state index is -0.963. The summed E-state index contributed by atoms with van der Waals surface area (Å²) in [5.74, 6) is -1.48. The van der Waals surface area contributed by atoms with E-state index < -0.39 is 34.4 Å². The topological polar surface area (TPSA) is 120 Å². The molecule has 0 aliphatic rings. The fraction of sp³-hybridized carbons (Fsp3) is 0.304. The lowest BCUT2D eigenvalue weighted by Crippen LogP contribution is -2.50. The number of benzene rings is 2. The summed E-state index contributed by atoms with van der Waals surface area (Å²) in [5, 5.41) is 21.6. The van der Waals surface area contributed by atoms with Crippen LogP contribution in [-0.4, -0.2) is 70.2 Å². The summed E-state index contributed by atoms with van der Waals surface area (Å²) in [5.41, 5.74) is 0.754. The van der Waals surface area contributed by atoms with E-state index in [0.29, 0.717) is 22.9 Å². The molecule has 0 bridgehead atoms. The summed E-state index contributed by atoms with van der Waals surface area (Å²) in [7, 11) is 4.84. The summed E-state index contributed by atoms with van der Waals surface area (Å²) in [4.78, 5) is 41.8. The van der Waals surface area contributed by atoms with Crippen LogP contribution in [0.1, 0.15) is 11.1 Å². The number of hydrogen-bond donors (Lipinski definition) is 2. The first-order chi connectivity index (χ1) is 16.0. The van der Waals surface area contributed by atoms with Gasteiger partial charge < -0.3 is 19.8 Å². The molecule has 2 N–H and O–H groups in total. The number of carbonyl (C=O) groups excluding carboxylic acids is 2. The standard InChI is InChI=1S/C23H24ClFN4O5/c1-27(2)19(10-14-11-26-18-7-6-17(25)22(21(14)18)29(33)34)23(32)28(3)15(12-30)8-13-4-5-16(24)20(31)9-13/h4-7,9,11-12,15,19,26,31H,8,10H2,1-3H3. The van der Waals surface area contributed by atoms with Gasteiger partial charge in [-0.15, -0.1) is 0 Å². The van der Waals surface area contributed by atoms with Gasteiger partial charge in [-0.1, -0.05) is 17.7 Å². The predicted molar refractivity (Wildman–Crippen MR) is 126 cm³/mol. The van der Waals surface area contributed by atoms with E-state index in [9.17, 15) is 29.2 Å². The number of aromatic amines is 1. The zero-order valence-corrected chi connectivity index (χ0v) is 19.5. The molecule has 0 saturated heterocycles. The second-order valence-electron chi connectivity index (χ2n) is 8.22. The fourth-order valence-corrected chi connectivity index (χ4v) is 4.01. The summed E-state index contributed by atoms with van der Waals surface area (Å²) in [6, 6.07) is 5.40. The molecule has 2 aromatic carbocycles. The summed E-state index contributed by atoms with van der Waals surface area (Å²) < 4.78 is 14.2. The van der Waals surface area contributed by atoms with Gasteiger partial charge in [-0.25, -0.2) is 0 Å². The molecule has 1 aromatic heterocycles. The monoisotopic (exact) mass is 490 g/mol. The largest absolute Gasteiger partial charge is 0.506 e. The van der Waals surface area contributed by atoms with Gasteiger partial charge in [0.25, 0.3) is 0 Å². The van der Waals surface area contributed by atoms with Gasteiger partial charge >= 0.3 is 5.69 Å². The van der Waals surface area contributed by atoms with Gasteiger partial charge in [0.15, 0.2) is 0 Å². The molecule has 0 spiro atoms. The Bertz CT molecular complexity index is 1250. The van der Waals surface area contributed by atoms with Crippen LogP contribution in [0.15, 0.2) is 36.5 Å². The molecule has 3 aromatic rings. The van der Waals surface area contributed by atoms with Gasteiger partial charge in [-0.05, 0) is 62.3 Å². The number of hydrogen-bond acceptors (Lipinski definition) is 6. The van der Waals surface area contributed by atoms with Gasteiger partial charge in [-0.3, -0.25) is 19.8 Å². The van der Waals surface area contributed by atoms with Crippen molar-refractivity contribution >= 4 is 40.4 Å². The van der Waals surface area contributed by atoms with Gasteiger partial charge in [0, 0.05) is 13.2 Å². The average Bonchev–Trinajstić information content (AvgIpc) is 3.19. The van der Waals surface area contributed by atoms with Crippen LogP contribution in [0.25, 0.3) is 10.9 Å². The molecule has 2 atom stereocenters. The minimum absolute atomic E-state index is 0.0494. The Morgan fingerprint density at radius 3 is 2.56 bits per heavy atom. The number of nitro groups is 1. The van der Waals surface area contributed by atoms with Crippen molar-refractivity contribution in [2.45, 2.75) is 24.9 Å². The SMILES string of the molecule is CN(C)C(Cc1c[nH]c2ccc(F)c([N+](=O)[O-])c12)C(=O)N(C)C(C=O)Cc1ccc(Cl)c(O)c1. The van der Waals surface area contributed by atoms with Gasteiger partial charge in [0.2, 0.25) is 11.7 Å². The van der Waals surface area contributed by atoms with Crippen molar-refractivity contribution in [2.75, 3.05) is 21.1 Å². The summed E-state index contributed by atoms with van der Waals surface area (Å²) in [6.45, 7) is 0. The highest BCUT2D eigenvalue weighted by Crippen LogP contribution is 2.32. The number of carbonyl (C=O) groups is 2. The third-order valence-electron chi connectivity index (χ3n) is 5.81. The molecule has 0 fully saturated rings. The molecule has 0 radical (unpaired) electrons. The molecule has 2 unspecified atom stereocenters. The number of phenols is 1. The van der Waals surface area contributed by atoms with E-state index in [1.807, 2.05) is 0 Å². The first-order valence-electron chi connectivity index (χ1n) is 10.3. The first-order valence-corrected chi connectivity index (χ1v) is 10.7. The molecule has 0 aliphatic carbocycles. The van der Waals surface area contributed by atoms with Crippen molar-refractivity contribution in [3.05, 3.63) is 68.6 Å². The van der Waals surface area contributed by atoms with Crippen LogP contribution in [0, 0.1) is 15.9 Å². The smallest absolute Gasteiger partial charge is 0.314 e. The highest BCUT2D eigenvalue weighted by atomic mass is 35.5. The van der Waals surface area contributed by atoms with E-state index in [4.69, 9.17) is 11.6 Å². The maximum Gasteiger partial charge on any atom is 0.314 e. The number of nitro benzene ring substituents is 1. The van der Waals surface area contributed by atoms with Crippen molar-refractivity contribution in [2.24, 2.45) is 0 Å². The predicted octanol–water partition coefficient (Wildman–Crippen LogP) is 3.32. The lowest BCUT2D eigenvalue weighted by Gasteiger charge is -2.31. The van der Waals surface area contributed by atoms with Gasteiger partial charge in [-0.2, -0.15) is 4.39 Å². The minimum Gasteiger partial charge on any atom is -0.506 e. The maximum absolute atomic E-state index is 14.2. The molecular weight excluding hydrogens is 467 g/mol. The average molecular weight is 491 g/mol. The third kappa shape index (κ3) is 5.02. The number of phenolic OH excluding ortho intramolecular Hbond substituents is 1. The quantitative estimate of drug-likeness (QED) is 0.270. The lowest BCUT2D eigenvalue weighted by atomic mass is 10.00. The van der Waals surface area contributed by atoms with E-state index in [2.05, 4.69) is 4.98 Å². The number of rotatable bonds is 9. The van der Waals surface area contributed by atoms with Crippen molar-refractivity contribution in [3.8, 4) is 5.75 Å². The number of halogens is 2. The Kier molecular flexibility index (Phi) is 7.53. The number of likely N-dealkylation sites (N-methyl/N-ethyl adjacent to an activating group) is 2. The molecule has 3 rings (SSSR count). The van der Waals surface area contributed by atoms with E-state index in [1.54, 1.807) is 25.1 Å². The Labute approximate surface area is 199 Å². The van der Waals surface area contributed by atoms with Crippen molar-refractivity contribution in [3.63, 3.8) is 0 Å². The third-order valence-corrected chi connectivity index (χ3v) is 6.13. The van der Waals surface area contributed by atoms with Gasteiger partial charge in [0.05, 0.1) is 32.9 Å². The molecule has 1 heterocycles. The van der Waals surface area contributed by atoms with Crippen LogP contribution in [0.3, 0.4) is 0 Å². The zero-order valence-electron chi connectivity index (χ0n) is 18.8. The van der Waals surface area contributed by atoms with Crippen LogP contribution >= 0.6 is 11.6 Å². The fourth-order valence-electron chi connectivity index (χ4n) is 3.89. The molecule has 11 heteroatoms. The van der Waals surface area contributed by atoms with Crippen LogP contribution in [0.2, 0.25) is 5.02 Å². The number of fused-ring (bicyclic) bond motifs is 1. The Morgan fingerprint density at radius 2 is 1.97 bits per heavy atom. The second kappa shape index (κ2) is 10.2. The summed E-state index contributed by atoms with van der Waals surface area (Å²) >= 11 is 5.83.